The molecule has 6 nitrogen and oxygen atoms in total. The van der Waals surface area contributed by atoms with Crippen molar-refractivity contribution in [3.63, 3.8) is 0 Å². The topological polar surface area (TPSA) is 78.4 Å². The number of anilines is 1. The van der Waals surface area contributed by atoms with Gasteiger partial charge in [-0.15, -0.1) is 13.2 Å². The Hall–Kier alpha value is -2.04. The number of carbonyl (C=O) groups excluding carboxylic acids is 1. The minimum atomic E-state index is -5.00. The van der Waals surface area contributed by atoms with E-state index in [1.165, 1.54) is 6.33 Å². The van der Waals surface area contributed by atoms with E-state index in [0.29, 0.717) is 11.5 Å². The number of halogens is 5. The summed E-state index contributed by atoms with van der Waals surface area (Å²) in [5.41, 5.74) is 0.616. The fourth-order valence-corrected chi connectivity index (χ4v) is 2.41. The minimum Gasteiger partial charge on any atom is -0.361 e. The lowest BCUT2D eigenvalue weighted by atomic mass is 9.79. The Bertz CT molecular complexity index is 593. The Morgan fingerprint density at radius 3 is 2.40 bits per heavy atom. The van der Waals surface area contributed by atoms with Crippen LogP contribution >= 0.6 is 0 Å². The number of carbonyl (C=O) groups is 1. The fourth-order valence-electron chi connectivity index (χ4n) is 2.41. The van der Waals surface area contributed by atoms with Crippen LogP contribution < -0.4 is 5.32 Å². The van der Waals surface area contributed by atoms with Crippen molar-refractivity contribution in [2.45, 2.75) is 37.5 Å². The molecule has 25 heavy (non-hydrogen) atoms. The first-order valence-corrected chi connectivity index (χ1v) is 7.54. The summed E-state index contributed by atoms with van der Waals surface area (Å²) in [5, 5.41) is 9.45. The summed E-state index contributed by atoms with van der Waals surface area (Å²) in [4.78, 5) is 21.5. The zero-order chi connectivity index (χ0) is 18.7. The van der Waals surface area contributed by atoms with Gasteiger partial charge in [-0.05, 0) is 6.42 Å². The lowest BCUT2D eigenvalue weighted by molar-refractivity contribution is -0.295. The van der Waals surface area contributed by atoms with E-state index in [-0.39, 0.29) is 31.2 Å². The van der Waals surface area contributed by atoms with Crippen molar-refractivity contribution in [3.05, 3.63) is 18.1 Å². The van der Waals surface area contributed by atoms with Gasteiger partial charge in [0.2, 0.25) is 11.8 Å². The fraction of sp³-hybridized carbons (Fsp3) is 0.643. The van der Waals surface area contributed by atoms with E-state index in [4.69, 9.17) is 5.11 Å². The zero-order valence-corrected chi connectivity index (χ0v) is 13.1. The van der Waals surface area contributed by atoms with Gasteiger partial charge in [0.1, 0.15) is 12.1 Å². The highest BCUT2D eigenvalue weighted by atomic mass is 19.4. The maximum absolute atomic E-state index is 12.9. The molecule has 1 aliphatic carbocycles. The molecule has 140 valence electrons. The maximum Gasteiger partial charge on any atom is 0.519 e. The van der Waals surface area contributed by atoms with Crippen LogP contribution in [0.25, 0.3) is 0 Å². The second-order valence-electron chi connectivity index (χ2n) is 5.84. The monoisotopic (exact) mass is 368 g/mol. The quantitative estimate of drug-likeness (QED) is 0.796. The molecule has 0 unspecified atom stereocenters. The molecule has 0 radical (unpaired) electrons. The van der Waals surface area contributed by atoms with E-state index >= 15 is 0 Å². The summed E-state index contributed by atoms with van der Waals surface area (Å²) in [6.07, 6.45) is -2.91. The van der Waals surface area contributed by atoms with Crippen molar-refractivity contribution < 1.29 is 31.9 Å². The number of nitrogens with zero attached hydrogens (tertiary/aromatic N) is 3. The first kappa shape index (κ1) is 19.3. The zero-order valence-electron chi connectivity index (χ0n) is 13.1. The number of rotatable bonds is 4. The highest BCUT2D eigenvalue weighted by molar-refractivity contribution is 5.81. The predicted molar refractivity (Wildman–Crippen MR) is 76.9 cm³/mol. The van der Waals surface area contributed by atoms with Crippen LogP contribution in [0.3, 0.4) is 0 Å². The number of amides is 1. The molecule has 2 heterocycles. The van der Waals surface area contributed by atoms with Crippen molar-refractivity contribution in [2.75, 3.05) is 25.0 Å². The molecule has 11 heteroatoms. The predicted octanol–water partition coefficient (Wildman–Crippen LogP) is 2.13. The van der Waals surface area contributed by atoms with Gasteiger partial charge in [-0.1, -0.05) is 0 Å². The molecule has 0 bridgehead atoms. The summed E-state index contributed by atoms with van der Waals surface area (Å²) in [7, 11) is 0. The van der Waals surface area contributed by atoms with Crippen LogP contribution in [0, 0.1) is 0 Å². The van der Waals surface area contributed by atoms with Crippen LogP contribution in [0.5, 0.6) is 0 Å². The van der Waals surface area contributed by atoms with E-state index in [2.05, 4.69) is 15.3 Å². The Balaban J connectivity index is 0.000000399. The largest absolute Gasteiger partial charge is 0.519 e. The molecule has 1 aromatic heterocycles. The van der Waals surface area contributed by atoms with Crippen molar-refractivity contribution in [3.8, 4) is 0 Å². The number of hydrogen-bond acceptors (Lipinski definition) is 5. The number of hydrogen-bond donors (Lipinski definition) is 2. The number of alkyl halides is 5. The molecule has 2 fully saturated rings. The van der Waals surface area contributed by atoms with Crippen molar-refractivity contribution in [1.29, 1.82) is 0 Å². The van der Waals surface area contributed by atoms with E-state index in [1.807, 2.05) is 0 Å². The third-order valence-corrected chi connectivity index (χ3v) is 3.83. The second kappa shape index (κ2) is 7.46. The average molecular weight is 368 g/mol. The van der Waals surface area contributed by atoms with Crippen LogP contribution in [0.4, 0.5) is 27.8 Å². The maximum atomic E-state index is 12.9. The lowest BCUT2D eigenvalue weighted by Gasteiger charge is -2.34. The molecule has 1 amide bonds. The summed E-state index contributed by atoms with van der Waals surface area (Å²) >= 11 is 0. The molecule has 2 N–H and O–H groups in total. The number of likely N-dealkylation sites (tertiary alicyclic amines) is 1. The molecule has 0 aromatic carbocycles. The van der Waals surface area contributed by atoms with Crippen molar-refractivity contribution in [1.82, 2.24) is 14.9 Å². The Kier molecular flexibility index (Phi) is 5.76. The molecule has 0 spiro atoms. The van der Waals surface area contributed by atoms with Gasteiger partial charge in [-0.25, -0.2) is 18.7 Å². The van der Waals surface area contributed by atoms with Gasteiger partial charge in [0.25, 0.3) is 0 Å². The molecule has 1 saturated heterocycles. The molecule has 0 atom stereocenters. The number of aliphatic hydroxyl groups is 1. The lowest BCUT2D eigenvalue weighted by Crippen LogP contribution is -2.44. The van der Waals surface area contributed by atoms with Crippen LogP contribution in [0.1, 0.15) is 30.9 Å². The van der Waals surface area contributed by atoms with Gasteiger partial charge in [0.15, 0.2) is 0 Å². The summed E-state index contributed by atoms with van der Waals surface area (Å²) in [6.45, 7) is 1.80. The van der Waals surface area contributed by atoms with Gasteiger partial charge in [-0.3, -0.25) is 4.79 Å². The third-order valence-electron chi connectivity index (χ3n) is 3.83. The molecular weight excluding hydrogens is 351 g/mol. The second-order valence-corrected chi connectivity index (χ2v) is 5.84. The standard InChI is InChI=1S/C13H16F2N4O.CHF3O/c14-13(15)5-9(6-13)10-4-11(18-8-17-10)16-7-12(20)19-2-1-3-19;2-1(3,4)5/h4,8-9H,1-3,5-7H2,(H,16,17,18);5H. The van der Waals surface area contributed by atoms with E-state index in [1.54, 1.807) is 11.0 Å². The average Bonchev–Trinajstić information content (AvgIpc) is 2.39. The van der Waals surface area contributed by atoms with Gasteiger partial charge < -0.3 is 15.3 Å². The van der Waals surface area contributed by atoms with Crippen LogP contribution in [0.15, 0.2) is 12.4 Å². The van der Waals surface area contributed by atoms with Crippen LogP contribution in [0.2, 0.25) is 0 Å². The van der Waals surface area contributed by atoms with E-state index < -0.39 is 12.3 Å². The Morgan fingerprint density at radius 1 is 1.32 bits per heavy atom. The van der Waals surface area contributed by atoms with E-state index in [9.17, 15) is 26.7 Å². The minimum absolute atomic E-state index is 0.0339. The molecular formula is C14H17F5N4O2. The first-order chi connectivity index (χ1) is 11.5. The molecule has 1 aromatic rings. The van der Waals surface area contributed by atoms with E-state index in [0.717, 1.165) is 19.5 Å². The molecule has 2 aliphatic rings. The highest BCUT2D eigenvalue weighted by Crippen LogP contribution is 2.47. The first-order valence-electron chi connectivity index (χ1n) is 7.54. The van der Waals surface area contributed by atoms with Crippen LogP contribution in [-0.4, -0.2) is 57.8 Å². The van der Waals surface area contributed by atoms with Gasteiger partial charge in [-0.2, -0.15) is 0 Å². The third kappa shape index (κ3) is 6.40. The Labute approximate surface area is 140 Å². The van der Waals surface area contributed by atoms with Crippen molar-refractivity contribution in [2.24, 2.45) is 0 Å². The molecule has 3 rings (SSSR count). The Morgan fingerprint density at radius 2 is 1.92 bits per heavy atom. The smallest absolute Gasteiger partial charge is 0.361 e. The SMILES string of the molecule is O=C(CNc1cc(C2CC(F)(F)C2)ncn1)N1CCC1.OC(F)(F)F. The van der Waals surface area contributed by atoms with Crippen molar-refractivity contribution >= 4 is 11.7 Å². The summed E-state index contributed by atoms with van der Waals surface area (Å²) < 4.78 is 55.4. The normalized spacial score (nSPS) is 19.2. The number of aromatic nitrogens is 2. The van der Waals surface area contributed by atoms with Gasteiger partial charge >= 0.3 is 6.36 Å². The van der Waals surface area contributed by atoms with Gasteiger partial charge in [0, 0.05) is 43.6 Å². The summed E-state index contributed by atoms with van der Waals surface area (Å²) in [6, 6.07) is 1.66. The molecule has 1 aliphatic heterocycles. The highest BCUT2D eigenvalue weighted by Gasteiger charge is 2.46. The molecule has 1 saturated carbocycles. The summed E-state index contributed by atoms with van der Waals surface area (Å²) in [5.74, 6) is -2.22. The van der Waals surface area contributed by atoms with Crippen LogP contribution in [-0.2, 0) is 4.79 Å². The number of nitrogens with one attached hydrogen (secondary N) is 1. The van der Waals surface area contributed by atoms with Gasteiger partial charge in [0.05, 0.1) is 6.54 Å².